The van der Waals surface area contributed by atoms with Gasteiger partial charge in [-0.15, -0.1) is 0 Å². The molecule has 1 aliphatic carbocycles. The number of aromatic nitrogens is 2. The van der Waals surface area contributed by atoms with Crippen LogP contribution in [0.25, 0.3) is 0 Å². The number of hydrogen-bond acceptors (Lipinski definition) is 3. The quantitative estimate of drug-likeness (QED) is 0.908. The minimum atomic E-state index is -0.174. The topological polar surface area (TPSA) is 67.2 Å². The van der Waals surface area contributed by atoms with Crippen LogP contribution in [0.5, 0.6) is 0 Å². The molecular formula is C17H24N4O2. The molecule has 0 spiro atoms. The van der Waals surface area contributed by atoms with Crippen LogP contribution in [-0.4, -0.2) is 44.9 Å². The smallest absolute Gasteiger partial charge is 0.225 e. The highest BCUT2D eigenvalue weighted by Gasteiger charge is 2.39. The van der Waals surface area contributed by atoms with Crippen molar-refractivity contribution in [3.8, 4) is 0 Å². The molecular weight excluding hydrogens is 292 g/mol. The molecule has 4 rings (SSSR count). The van der Waals surface area contributed by atoms with Crippen molar-refractivity contribution >= 4 is 11.8 Å². The Morgan fingerprint density at radius 1 is 1.22 bits per heavy atom. The van der Waals surface area contributed by atoms with E-state index in [9.17, 15) is 9.59 Å². The van der Waals surface area contributed by atoms with Crippen molar-refractivity contribution in [2.75, 3.05) is 6.54 Å². The van der Waals surface area contributed by atoms with Gasteiger partial charge in [-0.1, -0.05) is 12.8 Å². The van der Waals surface area contributed by atoms with Crippen molar-refractivity contribution in [3.63, 3.8) is 0 Å². The zero-order valence-electron chi connectivity index (χ0n) is 13.4. The number of nitrogens with zero attached hydrogens (tertiary/aromatic N) is 3. The lowest BCUT2D eigenvalue weighted by Crippen LogP contribution is -2.44. The molecule has 1 saturated heterocycles. The van der Waals surface area contributed by atoms with Crippen molar-refractivity contribution in [3.05, 3.63) is 18.2 Å². The lowest BCUT2D eigenvalue weighted by molar-refractivity contribution is -0.130. The Bertz CT molecular complexity index is 605. The van der Waals surface area contributed by atoms with Crippen LogP contribution in [0, 0.1) is 5.92 Å². The Hall–Kier alpha value is -1.85. The van der Waals surface area contributed by atoms with E-state index in [-0.39, 0.29) is 23.8 Å². The number of likely N-dealkylation sites (tertiary alicyclic amines) is 1. The van der Waals surface area contributed by atoms with E-state index < -0.39 is 0 Å². The fraction of sp³-hybridized carbons (Fsp3) is 0.706. The number of fused-ring (bicyclic) bond motifs is 1. The summed E-state index contributed by atoms with van der Waals surface area (Å²) < 4.78 is 2.11. The molecule has 6 heteroatoms. The van der Waals surface area contributed by atoms with Gasteiger partial charge in [-0.25, -0.2) is 4.98 Å². The van der Waals surface area contributed by atoms with E-state index in [1.165, 1.54) is 12.8 Å². The molecule has 1 aromatic rings. The van der Waals surface area contributed by atoms with Gasteiger partial charge < -0.3 is 14.8 Å². The van der Waals surface area contributed by atoms with Crippen LogP contribution in [0.4, 0.5) is 0 Å². The number of rotatable bonds is 3. The molecule has 3 aliphatic rings. The minimum Gasteiger partial charge on any atom is -0.351 e. The maximum atomic E-state index is 12.6. The largest absolute Gasteiger partial charge is 0.351 e. The van der Waals surface area contributed by atoms with E-state index in [1.54, 1.807) is 0 Å². The lowest BCUT2D eigenvalue weighted by Gasteiger charge is -2.26. The van der Waals surface area contributed by atoms with Gasteiger partial charge in [0.1, 0.15) is 5.82 Å². The summed E-state index contributed by atoms with van der Waals surface area (Å²) in [6, 6.07) is 0.531. The highest BCUT2D eigenvalue weighted by molar-refractivity contribution is 5.89. The minimum absolute atomic E-state index is 0.0485. The Morgan fingerprint density at radius 2 is 2.04 bits per heavy atom. The van der Waals surface area contributed by atoms with Gasteiger partial charge in [-0.3, -0.25) is 9.59 Å². The molecule has 0 radical (unpaired) electrons. The van der Waals surface area contributed by atoms with Gasteiger partial charge in [-0.2, -0.15) is 0 Å². The number of carbonyl (C=O) groups is 2. The van der Waals surface area contributed by atoms with Gasteiger partial charge in [0.25, 0.3) is 0 Å². The number of aryl methyl sites for hydroxylation is 1. The maximum absolute atomic E-state index is 12.6. The van der Waals surface area contributed by atoms with Gasteiger partial charge in [0, 0.05) is 50.4 Å². The van der Waals surface area contributed by atoms with Gasteiger partial charge >= 0.3 is 0 Å². The molecule has 2 atom stereocenters. The molecule has 23 heavy (non-hydrogen) atoms. The number of carbonyl (C=O) groups excluding carboxylic acids is 2. The molecule has 2 fully saturated rings. The van der Waals surface area contributed by atoms with E-state index in [1.807, 2.05) is 17.3 Å². The Labute approximate surface area is 136 Å². The summed E-state index contributed by atoms with van der Waals surface area (Å²) in [4.78, 5) is 31.1. The molecule has 2 amide bonds. The van der Waals surface area contributed by atoms with Crippen molar-refractivity contribution in [1.82, 2.24) is 19.8 Å². The summed E-state index contributed by atoms with van der Waals surface area (Å²) in [5.41, 5.74) is 0. The molecule has 1 saturated carbocycles. The molecule has 0 unspecified atom stereocenters. The normalized spacial score (nSPS) is 28.2. The number of nitrogens with one attached hydrogen (secondary N) is 1. The first-order valence-corrected chi connectivity index (χ1v) is 8.80. The van der Waals surface area contributed by atoms with Crippen LogP contribution in [0.3, 0.4) is 0 Å². The SMILES string of the molecule is O=C(N[C@H]1CCc2nccn2C1)[C@@H]1CC(=O)N(C2CCCC2)C1. The third-order valence-electron chi connectivity index (χ3n) is 5.58. The van der Waals surface area contributed by atoms with E-state index >= 15 is 0 Å². The molecule has 124 valence electrons. The summed E-state index contributed by atoms with van der Waals surface area (Å²) in [7, 11) is 0. The zero-order chi connectivity index (χ0) is 15.8. The third kappa shape index (κ3) is 2.86. The number of imidazole rings is 1. The maximum Gasteiger partial charge on any atom is 0.225 e. The summed E-state index contributed by atoms with van der Waals surface area (Å²) in [5, 5.41) is 3.16. The first-order chi connectivity index (χ1) is 11.2. The molecule has 6 nitrogen and oxygen atoms in total. The predicted octanol–water partition coefficient (Wildman–Crippen LogP) is 1.11. The van der Waals surface area contributed by atoms with E-state index in [4.69, 9.17) is 0 Å². The Balaban J connectivity index is 1.34. The fourth-order valence-electron chi connectivity index (χ4n) is 4.28. The predicted molar refractivity (Wildman–Crippen MR) is 84.6 cm³/mol. The molecule has 2 aliphatic heterocycles. The van der Waals surface area contributed by atoms with E-state index in [2.05, 4.69) is 14.9 Å². The number of amides is 2. The molecule has 0 aromatic carbocycles. The fourth-order valence-corrected chi connectivity index (χ4v) is 4.28. The molecule has 1 N–H and O–H groups in total. The van der Waals surface area contributed by atoms with Gasteiger partial charge in [0.15, 0.2) is 0 Å². The molecule has 3 heterocycles. The highest BCUT2D eigenvalue weighted by atomic mass is 16.2. The van der Waals surface area contributed by atoms with E-state index in [0.717, 1.165) is 38.1 Å². The van der Waals surface area contributed by atoms with Crippen LogP contribution < -0.4 is 5.32 Å². The van der Waals surface area contributed by atoms with Crippen molar-refractivity contribution in [2.24, 2.45) is 5.92 Å². The second-order valence-corrected chi connectivity index (χ2v) is 7.13. The molecule has 1 aromatic heterocycles. The van der Waals surface area contributed by atoms with Crippen LogP contribution in [0.15, 0.2) is 12.4 Å². The van der Waals surface area contributed by atoms with Crippen molar-refractivity contribution in [2.45, 2.75) is 63.6 Å². The van der Waals surface area contributed by atoms with Gasteiger partial charge in [0.2, 0.25) is 11.8 Å². The van der Waals surface area contributed by atoms with Crippen LogP contribution in [0.1, 0.15) is 44.3 Å². The van der Waals surface area contributed by atoms with Crippen molar-refractivity contribution < 1.29 is 9.59 Å². The first-order valence-electron chi connectivity index (χ1n) is 8.80. The summed E-state index contributed by atoms with van der Waals surface area (Å²) in [6.07, 6.45) is 10.6. The first kappa shape index (κ1) is 14.7. The molecule has 0 bridgehead atoms. The lowest BCUT2D eigenvalue weighted by atomic mass is 10.0. The zero-order valence-corrected chi connectivity index (χ0v) is 13.4. The highest BCUT2D eigenvalue weighted by Crippen LogP contribution is 2.29. The summed E-state index contributed by atoms with van der Waals surface area (Å²) in [5.74, 6) is 1.14. The second-order valence-electron chi connectivity index (χ2n) is 7.13. The average Bonchev–Trinajstić information content (AvgIpc) is 3.26. The second kappa shape index (κ2) is 5.98. The average molecular weight is 316 g/mol. The number of hydrogen-bond donors (Lipinski definition) is 1. The van der Waals surface area contributed by atoms with E-state index in [0.29, 0.717) is 19.0 Å². The Morgan fingerprint density at radius 3 is 2.87 bits per heavy atom. The van der Waals surface area contributed by atoms with Gasteiger partial charge in [0.05, 0.1) is 5.92 Å². The summed E-state index contributed by atoms with van der Waals surface area (Å²) in [6.45, 7) is 1.40. The van der Waals surface area contributed by atoms with Gasteiger partial charge in [-0.05, 0) is 19.3 Å². The Kier molecular flexibility index (Phi) is 3.83. The van der Waals surface area contributed by atoms with Crippen LogP contribution >= 0.6 is 0 Å². The van der Waals surface area contributed by atoms with Crippen LogP contribution in [-0.2, 0) is 22.6 Å². The summed E-state index contributed by atoms with van der Waals surface area (Å²) >= 11 is 0. The standard InChI is InChI=1S/C17H24N4O2/c22-16-9-12(10-21(16)14-3-1-2-4-14)17(23)19-13-5-6-15-18-7-8-20(15)11-13/h7-8,12-14H,1-6,9-11H2,(H,19,23)/t12-,13+/m1/s1. The van der Waals surface area contributed by atoms with Crippen LogP contribution in [0.2, 0.25) is 0 Å². The third-order valence-corrected chi connectivity index (χ3v) is 5.58. The van der Waals surface area contributed by atoms with Crippen molar-refractivity contribution in [1.29, 1.82) is 0 Å². The monoisotopic (exact) mass is 316 g/mol.